The van der Waals surface area contributed by atoms with Gasteiger partial charge in [-0.15, -0.1) is 0 Å². The van der Waals surface area contributed by atoms with Crippen LogP contribution >= 0.6 is 0 Å². The minimum absolute atomic E-state index is 0.0136. The lowest BCUT2D eigenvalue weighted by Gasteiger charge is -2.27. The molecule has 0 saturated carbocycles. The fourth-order valence-electron chi connectivity index (χ4n) is 5.37. The normalized spacial score (nSPS) is 22.9. The molecule has 0 unspecified atom stereocenters. The zero-order chi connectivity index (χ0) is 27.9. The highest BCUT2D eigenvalue weighted by Crippen LogP contribution is 2.25. The molecule has 2 aliphatic rings. The highest BCUT2D eigenvalue weighted by Gasteiger charge is 2.35. The molecule has 2 heterocycles. The molecule has 2 N–H and O–H groups in total. The predicted molar refractivity (Wildman–Crippen MR) is 147 cm³/mol. The van der Waals surface area contributed by atoms with E-state index in [1.54, 1.807) is 7.05 Å². The molecular weight excluding hydrogens is 499 g/mol. The van der Waals surface area contributed by atoms with Crippen molar-refractivity contribution in [2.45, 2.75) is 57.7 Å². The molecule has 2 aromatic carbocycles. The van der Waals surface area contributed by atoms with Crippen LogP contribution in [0.15, 0.2) is 48.5 Å². The average molecular weight is 539 g/mol. The van der Waals surface area contributed by atoms with E-state index in [9.17, 15) is 18.8 Å². The highest BCUT2D eigenvalue weighted by molar-refractivity contribution is 5.96. The van der Waals surface area contributed by atoms with Crippen molar-refractivity contribution in [2.24, 2.45) is 5.92 Å². The van der Waals surface area contributed by atoms with E-state index in [-0.39, 0.29) is 41.8 Å². The van der Waals surface area contributed by atoms with Gasteiger partial charge in [0.05, 0.1) is 12.0 Å². The van der Waals surface area contributed by atoms with Gasteiger partial charge < -0.3 is 20.3 Å². The largest absolute Gasteiger partial charge is 0.491 e. The lowest BCUT2D eigenvalue weighted by Crippen LogP contribution is -2.50. The van der Waals surface area contributed by atoms with Crippen molar-refractivity contribution in [2.75, 3.05) is 33.3 Å². The number of carbonyl (C=O) groups is 3. The molecule has 3 atom stereocenters. The van der Waals surface area contributed by atoms with Crippen molar-refractivity contribution in [3.8, 4) is 5.75 Å². The van der Waals surface area contributed by atoms with Crippen LogP contribution in [-0.4, -0.2) is 78.9 Å². The summed E-state index contributed by atoms with van der Waals surface area (Å²) in [5.74, 6) is -0.540. The maximum atomic E-state index is 14.1. The van der Waals surface area contributed by atoms with Gasteiger partial charge >= 0.3 is 0 Å². The summed E-state index contributed by atoms with van der Waals surface area (Å²) < 4.78 is 20.2. The summed E-state index contributed by atoms with van der Waals surface area (Å²) in [4.78, 5) is 43.3. The van der Waals surface area contributed by atoms with E-state index in [0.717, 1.165) is 12.1 Å². The Labute approximate surface area is 229 Å². The van der Waals surface area contributed by atoms with Gasteiger partial charge in [-0.2, -0.15) is 0 Å². The second kappa shape index (κ2) is 13.1. The maximum Gasteiger partial charge on any atom is 0.257 e. The average Bonchev–Trinajstić information content (AvgIpc) is 3.26. The van der Waals surface area contributed by atoms with Gasteiger partial charge in [-0.05, 0) is 48.9 Å². The Morgan fingerprint density at radius 2 is 1.95 bits per heavy atom. The number of ether oxygens (including phenoxy) is 1. The van der Waals surface area contributed by atoms with Crippen molar-refractivity contribution in [3.63, 3.8) is 0 Å². The summed E-state index contributed by atoms with van der Waals surface area (Å²) in [6, 6.07) is 12.6. The van der Waals surface area contributed by atoms with Crippen LogP contribution in [0.25, 0.3) is 0 Å². The van der Waals surface area contributed by atoms with Gasteiger partial charge in [-0.1, -0.05) is 44.2 Å². The summed E-state index contributed by atoms with van der Waals surface area (Å²) in [5, 5.41) is 6.08. The van der Waals surface area contributed by atoms with Crippen LogP contribution in [0, 0.1) is 11.7 Å². The van der Waals surface area contributed by atoms with Gasteiger partial charge in [-0.3, -0.25) is 19.3 Å². The molecule has 3 amide bonds. The Bertz CT molecular complexity index is 1160. The second-order valence-corrected chi connectivity index (χ2v) is 11.0. The van der Waals surface area contributed by atoms with E-state index < -0.39 is 11.9 Å². The van der Waals surface area contributed by atoms with Crippen molar-refractivity contribution < 1.29 is 23.5 Å². The first-order valence-corrected chi connectivity index (χ1v) is 13.7. The van der Waals surface area contributed by atoms with Gasteiger partial charge in [0.15, 0.2) is 0 Å². The third kappa shape index (κ3) is 7.79. The number of nitrogens with zero attached hydrogens (tertiary/aromatic N) is 2. The number of rotatable bonds is 5. The number of carbonyl (C=O) groups excluding carboxylic acids is 3. The van der Waals surface area contributed by atoms with Gasteiger partial charge in [-0.25, -0.2) is 4.39 Å². The van der Waals surface area contributed by atoms with Crippen molar-refractivity contribution in [3.05, 3.63) is 65.5 Å². The van der Waals surface area contributed by atoms with Gasteiger partial charge in [0, 0.05) is 38.8 Å². The molecule has 1 fully saturated rings. The smallest absolute Gasteiger partial charge is 0.257 e. The number of likely N-dealkylation sites (tertiary alicyclic amines) is 1. The van der Waals surface area contributed by atoms with Crippen LogP contribution in [0.1, 0.15) is 49.0 Å². The molecular formula is C30H39FN4O4. The molecule has 210 valence electrons. The summed E-state index contributed by atoms with van der Waals surface area (Å²) in [5.41, 5.74) is 1.05. The monoisotopic (exact) mass is 538 g/mol. The van der Waals surface area contributed by atoms with E-state index in [1.807, 2.05) is 30.3 Å². The molecule has 2 bridgehead atoms. The summed E-state index contributed by atoms with van der Waals surface area (Å²) in [7, 11) is 1.64. The van der Waals surface area contributed by atoms with Crippen LogP contribution in [0.3, 0.4) is 0 Å². The van der Waals surface area contributed by atoms with Crippen molar-refractivity contribution in [1.82, 2.24) is 20.4 Å². The molecule has 0 aliphatic carbocycles. The molecule has 9 heteroatoms. The third-order valence-corrected chi connectivity index (χ3v) is 7.27. The highest BCUT2D eigenvalue weighted by atomic mass is 19.1. The minimum atomic E-state index is -0.728. The topological polar surface area (TPSA) is 91.0 Å². The molecule has 0 radical (unpaired) electrons. The van der Waals surface area contributed by atoms with Crippen LogP contribution in [0.2, 0.25) is 0 Å². The number of hydrogen-bond acceptors (Lipinski definition) is 5. The number of amides is 3. The number of nitrogens with one attached hydrogen (secondary N) is 2. The van der Waals surface area contributed by atoms with Crippen molar-refractivity contribution in [1.29, 1.82) is 0 Å². The molecule has 4 rings (SSSR count). The van der Waals surface area contributed by atoms with Crippen LogP contribution < -0.4 is 15.4 Å². The zero-order valence-electron chi connectivity index (χ0n) is 23.0. The summed E-state index contributed by atoms with van der Waals surface area (Å²) >= 11 is 0. The van der Waals surface area contributed by atoms with Crippen LogP contribution in [-0.2, 0) is 16.0 Å². The number of fused-ring (bicyclic) bond motifs is 3. The van der Waals surface area contributed by atoms with Crippen LogP contribution in [0.4, 0.5) is 4.39 Å². The Balaban J connectivity index is 1.56. The van der Waals surface area contributed by atoms with Gasteiger partial charge in [0.25, 0.3) is 5.91 Å². The summed E-state index contributed by atoms with van der Waals surface area (Å²) in [6.07, 6.45) is 1.69. The fourth-order valence-corrected chi connectivity index (χ4v) is 5.37. The molecule has 0 spiro atoms. The third-order valence-electron chi connectivity index (χ3n) is 7.27. The van der Waals surface area contributed by atoms with Crippen LogP contribution in [0.5, 0.6) is 5.75 Å². The van der Waals surface area contributed by atoms with E-state index in [0.29, 0.717) is 50.6 Å². The van der Waals surface area contributed by atoms with E-state index >= 15 is 0 Å². The van der Waals surface area contributed by atoms with E-state index in [1.165, 1.54) is 23.1 Å². The first-order valence-electron chi connectivity index (χ1n) is 13.7. The standard InChI is InChI=1S/C30H39FN4O4/c1-20(2)17-35-18-23-16-24(35)19-39-27-12-11-22(31)15-25(27)30(38)34(3)13-7-10-26(29(37)32-23)33-28(36)14-21-8-5-4-6-9-21/h4-6,8-9,11-12,15,20,23-24,26H,7,10,13-14,16-19H2,1-3H3,(H,32,37)(H,33,36)/t23-,24+,26+/m1/s1. The molecule has 2 aromatic rings. The first-order chi connectivity index (χ1) is 18.7. The number of benzene rings is 2. The second-order valence-electron chi connectivity index (χ2n) is 11.0. The Hall–Kier alpha value is -3.46. The lowest BCUT2D eigenvalue weighted by molar-refractivity contribution is -0.129. The number of hydrogen-bond donors (Lipinski definition) is 2. The molecule has 8 nitrogen and oxygen atoms in total. The Morgan fingerprint density at radius 3 is 2.69 bits per heavy atom. The van der Waals surface area contributed by atoms with Gasteiger partial charge in [0.1, 0.15) is 24.2 Å². The Morgan fingerprint density at radius 1 is 1.18 bits per heavy atom. The molecule has 2 aliphatic heterocycles. The first kappa shape index (κ1) is 28.5. The Kier molecular flexibility index (Phi) is 9.56. The van der Waals surface area contributed by atoms with Crippen molar-refractivity contribution >= 4 is 17.7 Å². The minimum Gasteiger partial charge on any atom is -0.491 e. The SMILES string of the molecule is CC(C)CN1C[C@H]2C[C@H]1COc1ccc(F)cc1C(=O)N(C)CCC[C@H](NC(=O)Cc1ccccc1)C(=O)N2. The molecule has 1 saturated heterocycles. The predicted octanol–water partition coefficient (Wildman–Crippen LogP) is 3.01. The molecule has 0 aromatic heterocycles. The van der Waals surface area contributed by atoms with E-state index in [4.69, 9.17) is 4.74 Å². The molecule has 39 heavy (non-hydrogen) atoms. The summed E-state index contributed by atoms with van der Waals surface area (Å²) in [6.45, 7) is 6.42. The fraction of sp³-hybridized carbons (Fsp3) is 0.500. The zero-order valence-corrected chi connectivity index (χ0v) is 23.0. The number of halogens is 1. The lowest BCUT2D eigenvalue weighted by atomic mass is 10.1. The maximum absolute atomic E-state index is 14.1. The quantitative estimate of drug-likeness (QED) is 0.611. The van der Waals surface area contributed by atoms with E-state index in [2.05, 4.69) is 29.4 Å². The van der Waals surface area contributed by atoms with Gasteiger partial charge in [0.2, 0.25) is 11.8 Å².